The summed E-state index contributed by atoms with van der Waals surface area (Å²) < 4.78 is 0. The van der Waals surface area contributed by atoms with Gasteiger partial charge < -0.3 is 0 Å². The molecule has 29 heavy (non-hydrogen) atoms. The summed E-state index contributed by atoms with van der Waals surface area (Å²) in [6, 6.07) is 6.35. The van der Waals surface area contributed by atoms with E-state index in [1.165, 1.54) is 11.1 Å². The first-order chi connectivity index (χ1) is 14.1. The number of hydrogen-bond donors (Lipinski definition) is 0. The Balaban J connectivity index is 2.15. The molecule has 1 aliphatic rings. The Hall–Kier alpha value is -3.26. The van der Waals surface area contributed by atoms with Gasteiger partial charge in [0.05, 0.1) is 11.2 Å². The normalized spacial score (nSPS) is 17.3. The molecule has 0 aliphatic heterocycles. The molecule has 1 unspecified atom stereocenters. The van der Waals surface area contributed by atoms with Gasteiger partial charge in [-0.3, -0.25) is 9.98 Å². The number of nitrogens with zero attached hydrogens (tertiary/aromatic N) is 2. The third-order valence-corrected chi connectivity index (χ3v) is 5.16. The first-order valence-electron chi connectivity index (χ1n) is 10.0. The third kappa shape index (κ3) is 4.43. The van der Waals surface area contributed by atoms with E-state index in [4.69, 9.17) is 4.98 Å². The van der Waals surface area contributed by atoms with Crippen LogP contribution in [-0.2, 0) is 0 Å². The van der Waals surface area contributed by atoms with Gasteiger partial charge in [-0.15, -0.1) is 0 Å². The molecule has 2 nitrogen and oxygen atoms in total. The van der Waals surface area contributed by atoms with Crippen LogP contribution >= 0.6 is 0 Å². The minimum atomic E-state index is 0.590. The van der Waals surface area contributed by atoms with E-state index in [0.29, 0.717) is 5.92 Å². The Morgan fingerprint density at radius 2 is 2.07 bits per heavy atom. The van der Waals surface area contributed by atoms with Gasteiger partial charge in [-0.25, -0.2) is 0 Å². The van der Waals surface area contributed by atoms with Gasteiger partial charge >= 0.3 is 0 Å². The van der Waals surface area contributed by atoms with Crippen LogP contribution in [0.1, 0.15) is 38.3 Å². The van der Waals surface area contributed by atoms with Crippen LogP contribution < -0.4 is 0 Å². The highest BCUT2D eigenvalue weighted by molar-refractivity contribution is 6.03. The fraction of sp³-hybridized carbons (Fsp3) is 0.185. The van der Waals surface area contributed by atoms with Gasteiger partial charge in [0.2, 0.25) is 0 Å². The van der Waals surface area contributed by atoms with E-state index < -0.39 is 0 Å². The highest BCUT2D eigenvalue weighted by Gasteiger charge is 2.15. The van der Waals surface area contributed by atoms with Crippen molar-refractivity contribution in [2.24, 2.45) is 10.9 Å². The SMILES string of the molecule is C=C/C=C\C=C(/C)C(=C)c1ccc2c(C3=CCC(C)C=C3)ccnc2c1N=CC. The van der Waals surface area contributed by atoms with Crippen LogP contribution in [0.4, 0.5) is 5.69 Å². The minimum absolute atomic E-state index is 0.590. The summed E-state index contributed by atoms with van der Waals surface area (Å²) in [6.07, 6.45) is 19.2. The Bertz CT molecular complexity index is 1090. The number of aliphatic imine (C=N–C) groups is 1. The van der Waals surface area contributed by atoms with Crippen molar-refractivity contribution in [2.75, 3.05) is 0 Å². The maximum Gasteiger partial charge on any atom is 0.0970 e. The minimum Gasteiger partial charge on any atom is -0.259 e. The van der Waals surface area contributed by atoms with Gasteiger partial charge in [0, 0.05) is 23.4 Å². The van der Waals surface area contributed by atoms with Crippen LogP contribution in [0.3, 0.4) is 0 Å². The van der Waals surface area contributed by atoms with Gasteiger partial charge in [-0.05, 0) is 54.5 Å². The van der Waals surface area contributed by atoms with Crippen LogP contribution in [0.25, 0.3) is 22.0 Å². The number of aromatic nitrogens is 1. The molecule has 1 aromatic carbocycles. The van der Waals surface area contributed by atoms with Gasteiger partial charge in [0.25, 0.3) is 0 Å². The average molecular weight is 381 g/mol. The molecule has 0 saturated carbocycles. The van der Waals surface area contributed by atoms with Crippen LogP contribution in [0.5, 0.6) is 0 Å². The summed E-state index contributed by atoms with van der Waals surface area (Å²) in [6.45, 7) is 14.3. The molecule has 0 saturated heterocycles. The third-order valence-electron chi connectivity index (χ3n) is 5.16. The Kier molecular flexibility index (Phi) is 6.56. The maximum absolute atomic E-state index is 4.70. The summed E-state index contributed by atoms with van der Waals surface area (Å²) in [5, 5.41) is 1.11. The molecule has 3 rings (SSSR count). The molecule has 0 amide bonds. The fourth-order valence-corrected chi connectivity index (χ4v) is 3.48. The molecule has 0 N–H and O–H groups in total. The highest BCUT2D eigenvalue weighted by atomic mass is 14.8. The van der Waals surface area contributed by atoms with E-state index >= 15 is 0 Å². The summed E-state index contributed by atoms with van der Waals surface area (Å²) >= 11 is 0. The Morgan fingerprint density at radius 3 is 2.76 bits per heavy atom. The second kappa shape index (κ2) is 9.29. The molecule has 1 aromatic heterocycles. The van der Waals surface area contributed by atoms with Crippen molar-refractivity contribution < 1.29 is 0 Å². The van der Waals surface area contributed by atoms with Crippen LogP contribution in [0.2, 0.25) is 0 Å². The predicted octanol–water partition coefficient (Wildman–Crippen LogP) is 7.64. The zero-order valence-electron chi connectivity index (χ0n) is 17.5. The van der Waals surface area contributed by atoms with Gasteiger partial charge in [0.1, 0.15) is 0 Å². The molecular weight excluding hydrogens is 352 g/mol. The molecule has 1 aliphatic carbocycles. The lowest BCUT2D eigenvalue weighted by Crippen LogP contribution is -1.96. The van der Waals surface area contributed by atoms with E-state index in [9.17, 15) is 0 Å². The number of rotatable bonds is 6. The lowest BCUT2D eigenvalue weighted by Gasteiger charge is -2.16. The van der Waals surface area contributed by atoms with Crippen molar-refractivity contribution >= 4 is 34.0 Å². The van der Waals surface area contributed by atoms with Crippen molar-refractivity contribution in [3.05, 3.63) is 96.8 Å². The van der Waals surface area contributed by atoms with Gasteiger partial charge in [-0.1, -0.05) is 74.7 Å². The first kappa shape index (κ1) is 20.5. The molecule has 1 atom stereocenters. The quantitative estimate of drug-likeness (QED) is 0.373. The van der Waals surface area contributed by atoms with Crippen molar-refractivity contribution in [3.8, 4) is 0 Å². The number of allylic oxidation sites excluding steroid dienone is 10. The second-order valence-electron chi connectivity index (χ2n) is 7.28. The lowest BCUT2D eigenvalue weighted by atomic mass is 9.91. The smallest absolute Gasteiger partial charge is 0.0970 e. The Labute approximate surface area is 174 Å². The average Bonchev–Trinajstić information content (AvgIpc) is 2.74. The molecule has 0 fully saturated rings. The standard InChI is InChI=1S/C27H28N2/c1-6-8-9-10-20(4)21(5)23-15-16-25-24(22-13-11-19(3)12-14-22)17-18-29-27(25)26(23)28-7-2/h6-11,13-19H,1,5,12H2,2-4H3/b9-8-,20-10+,28-7?. The van der Waals surface area contributed by atoms with E-state index in [0.717, 1.165) is 39.7 Å². The van der Waals surface area contributed by atoms with Crippen molar-refractivity contribution in [1.29, 1.82) is 0 Å². The van der Waals surface area contributed by atoms with Crippen LogP contribution in [-0.4, -0.2) is 11.2 Å². The van der Waals surface area contributed by atoms with E-state index in [-0.39, 0.29) is 0 Å². The zero-order valence-corrected chi connectivity index (χ0v) is 17.5. The number of benzene rings is 1. The molecular formula is C27H28N2. The summed E-state index contributed by atoms with van der Waals surface area (Å²) in [4.78, 5) is 9.38. The largest absolute Gasteiger partial charge is 0.259 e. The first-order valence-corrected chi connectivity index (χ1v) is 10.0. The summed E-state index contributed by atoms with van der Waals surface area (Å²) in [5.74, 6) is 0.590. The monoisotopic (exact) mass is 380 g/mol. The Morgan fingerprint density at radius 1 is 1.24 bits per heavy atom. The highest BCUT2D eigenvalue weighted by Crippen LogP contribution is 2.38. The molecule has 1 heterocycles. The number of fused-ring (bicyclic) bond motifs is 1. The fourth-order valence-electron chi connectivity index (χ4n) is 3.48. The molecule has 2 aromatic rings. The topological polar surface area (TPSA) is 25.2 Å². The number of pyridine rings is 1. The number of hydrogen-bond acceptors (Lipinski definition) is 2. The molecule has 2 heteroatoms. The summed E-state index contributed by atoms with van der Waals surface area (Å²) in [5.41, 5.74) is 7.25. The predicted molar refractivity (Wildman–Crippen MR) is 129 cm³/mol. The van der Waals surface area contributed by atoms with E-state index in [2.05, 4.69) is 68.4 Å². The molecule has 0 spiro atoms. The van der Waals surface area contributed by atoms with Crippen molar-refractivity contribution in [2.45, 2.75) is 27.2 Å². The van der Waals surface area contributed by atoms with Gasteiger partial charge in [0.15, 0.2) is 0 Å². The van der Waals surface area contributed by atoms with Crippen molar-refractivity contribution in [1.82, 2.24) is 4.98 Å². The maximum atomic E-state index is 4.70. The van der Waals surface area contributed by atoms with Crippen LogP contribution in [0, 0.1) is 5.92 Å². The summed E-state index contributed by atoms with van der Waals surface area (Å²) in [7, 11) is 0. The molecule has 0 bridgehead atoms. The second-order valence-corrected chi connectivity index (χ2v) is 7.28. The molecule has 146 valence electrons. The lowest BCUT2D eigenvalue weighted by molar-refractivity contribution is 0.739. The zero-order chi connectivity index (χ0) is 20.8. The molecule has 0 radical (unpaired) electrons. The van der Waals surface area contributed by atoms with E-state index in [1.54, 1.807) is 6.08 Å². The van der Waals surface area contributed by atoms with E-state index in [1.807, 2.05) is 37.6 Å². The van der Waals surface area contributed by atoms with Crippen LogP contribution in [0.15, 0.2) is 90.7 Å². The van der Waals surface area contributed by atoms with Crippen molar-refractivity contribution in [3.63, 3.8) is 0 Å². The van der Waals surface area contributed by atoms with Gasteiger partial charge in [-0.2, -0.15) is 0 Å².